The van der Waals surface area contributed by atoms with Crippen molar-refractivity contribution in [3.05, 3.63) is 29.3 Å². The fourth-order valence-corrected chi connectivity index (χ4v) is 1.97. The Labute approximate surface area is 88.5 Å². The molecule has 15 heavy (non-hydrogen) atoms. The molecule has 3 heteroatoms. The van der Waals surface area contributed by atoms with E-state index < -0.39 is 0 Å². The van der Waals surface area contributed by atoms with Crippen LogP contribution in [0.1, 0.15) is 29.8 Å². The first kappa shape index (κ1) is 9.90. The maximum atomic E-state index is 11.6. The quantitative estimate of drug-likeness (QED) is 0.759. The molecule has 1 aliphatic carbocycles. The molecule has 0 aromatic heterocycles. The first-order valence-electron chi connectivity index (χ1n) is 5.02. The van der Waals surface area contributed by atoms with Gasteiger partial charge in [-0.05, 0) is 30.2 Å². The zero-order valence-corrected chi connectivity index (χ0v) is 8.83. The van der Waals surface area contributed by atoms with Crippen molar-refractivity contribution < 1.29 is 9.59 Å². The van der Waals surface area contributed by atoms with Crippen molar-refractivity contribution in [2.75, 3.05) is 5.32 Å². The molecule has 1 amide bonds. The van der Waals surface area contributed by atoms with Gasteiger partial charge in [0.1, 0.15) is 0 Å². The molecule has 0 aliphatic heterocycles. The molecule has 0 saturated heterocycles. The van der Waals surface area contributed by atoms with Crippen LogP contribution in [0.4, 0.5) is 5.69 Å². The van der Waals surface area contributed by atoms with Crippen molar-refractivity contribution in [1.29, 1.82) is 0 Å². The molecule has 1 aromatic carbocycles. The lowest BCUT2D eigenvalue weighted by molar-refractivity contribution is -0.114. The average Bonchev–Trinajstić information content (AvgIpc) is 2.41. The van der Waals surface area contributed by atoms with Crippen LogP contribution >= 0.6 is 0 Å². The fraction of sp³-hybridized carbons (Fsp3) is 0.333. The zero-order chi connectivity index (χ0) is 11.0. The highest BCUT2D eigenvalue weighted by Crippen LogP contribution is 2.28. The molecule has 1 aromatic rings. The highest BCUT2D eigenvalue weighted by Gasteiger charge is 2.26. The van der Waals surface area contributed by atoms with E-state index in [4.69, 9.17) is 0 Å². The van der Waals surface area contributed by atoms with Crippen LogP contribution in [-0.4, -0.2) is 11.7 Å². The van der Waals surface area contributed by atoms with Gasteiger partial charge < -0.3 is 5.32 Å². The lowest BCUT2D eigenvalue weighted by atomic mass is 10.1. The summed E-state index contributed by atoms with van der Waals surface area (Å²) in [6, 6.07) is 5.46. The maximum Gasteiger partial charge on any atom is 0.221 e. The third-order valence-electron chi connectivity index (χ3n) is 2.66. The summed E-state index contributed by atoms with van der Waals surface area (Å²) < 4.78 is 0. The van der Waals surface area contributed by atoms with Crippen molar-refractivity contribution in [3.63, 3.8) is 0 Å². The molecule has 3 nitrogen and oxygen atoms in total. The molecule has 1 aliphatic rings. The predicted molar refractivity (Wildman–Crippen MR) is 57.9 cm³/mol. The number of carbonyl (C=O) groups is 2. The van der Waals surface area contributed by atoms with Crippen LogP contribution in [-0.2, 0) is 11.2 Å². The Balaban J connectivity index is 2.33. The number of carbonyl (C=O) groups excluding carboxylic acids is 2. The van der Waals surface area contributed by atoms with E-state index in [-0.39, 0.29) is 17.6 Å². The minimum atomic E-state index is -0.0904. The molecule has 0 saturated carbocycles. The molecule has 0 fully saturated rings. The Kier molecular flexibility index (Phi) is 2.31. The van der Waals surface area contributed by atoms with E-state index in [1.807, 2.05) is 13.0 Å². The molecule has 0 spiro atoms. The fourth-order valence-electron chi connectivity index (χ4n) is 1.97. The summed E-state index contributed by atoms with van der Waals surface area (Å²) in [4.78, 5) is 22.5. The number of nitrogens with one attached hydrogen (secondary N) is 1. The largest absolute Gasteiger partial charge is 0.326 e. The average molecular weight is 203 g/mol. The first-order valence-corrected chi connectivity index (χ1v) is 5.02. The number of benzene rings is 1. The van der Waals surface area contributed by atoms with Gasteiger partial charge in [0.2, 0.25) is 5.91 Å². The van der Waals surface area contributed by atoms with Crippen LogP contribution in [0.25, 0.3) is 0 Å². The maximum absolute atomic E-state index is 11.6. The van der Waals surface area contributed by atoms with E-state index >= 15 is 0 Å². The van der Waals surface area contributed by atoms with Crippen LogP contribution in [0.2, 0.25) is 0 Å². The van der Waals surface area contributed by atoms with E-state index in [2.05, 4.69) is 5.32 Å². The van der Waals surface area contributed by atoms with Crippen LogP contribution in [0, 0.1) is 5.92 Å². The van der Waals surface area contributed by atoms with Crippen LogP contribution in [0.15, 0.2) is 18.2 Å². The monoisotopic (exact) mass is 203 g/mol. The molecule has 2 rings (SSSR count). The smallest absolute Gasteiger partial charge is 0.221 e. The number of ketones is 1. The van der Waals surface area contributed by atoms with E-state index in [9.17, 15) is 9.59 Å². The SMILES string of the molecule is CC(=O)Nc1ccc2c(c1)CC(C)C2=O. The van der Waals surface area contributed by atoms with E-state index in [0.717, 1.165) is 23.2 Å². The number of fused-ring (bicyclic) bond motifs is 1. The number of amides is 1. The molecular weight excluding hydrogens is 190 g/mol. The number of hydrogen-bond donors (Lipinski definition) is 1. The summed E-state index contributed by atoms with van der Waals surface area (Å²) in [5.74, 6) is 0.194. The predicted octanol–water partition coefficient (Wildman–Crippen LogP) is 2.02. The highest BCUT2D eigenvalue weighted by atomic mass is 16.1. The second-order valence-electron chi connectivity index (χ2n) is 4.02. The van der Waals surface area contributed by atoms with Gasteiger partial charge in [-0.15, -0.1) is 0 Å². The number of anilines is 1. The van der Waals surface area contributed by atoms with Crippen molar-refractivity contribution >= 4 is 17.4 Å². The Morgan fingerprint density at radius 1 is 1.47 bits per heavy atom. The Bertz CT molecular complexity index is 437. The lowest BCUT2D eigenvalue weighted by Crippen LogP contribution is -2.06. The van der Waals surface area contributed by atoms with E-state index in [0.29, 0.717) is 0 Å². The Morgan fingerprint density at radius 2 is 2.20 bits per heavy atom. The van der Waals surface area contributed by atoms with Gasteiger partial charge in [-0.1, -0.05) is 6.92 Å². The van der Waals surface area contributed by atoms with Gasteiger partial charge in [-0.3, -0.25) is 9.59 Å². The van der Waals surface area contributed by atoms with Gasteiger partial charge in [0.25, 0.3) is 0 Å². The first-order chi connectivity index (χ1) is 7.08. The lowest BCUT2D eigenvalue weighted by Gasteiger charge is -2.03. The number of Topliss-reactive ketones (excluding diaryl/α,β-unsaturated/α-hetero) is 1. The second kappa shape index (κ2) is 3.50. The third-order valence-corrected chi connectivity index (χ3v) is 2.66. The second-order valence-corrected chi connectivity index (χ2v) is 4.02. The van der Waals surface area contributed by atoms with Gasteiger partial charge in [0, 0.05) is 24.1 Å². The minimum absolute atomic E-state index is 0.0765. The van der Waals surface area contributed by atoms with E-state index in [1.54, 1.807) is 12.1 Å². The summed E-state index contributed by atoms with van der Waals surface area (Å²) in [6.45, 7) is 3.40. The van der Waals surface area contributed by atoms with Gasteiger partial charge in [0.05, 0.1) is 0 Å². The Morgan fingerprint density at radius 3 is 2.87 bits per heavy atom. The molecule has 0 heterocycles. The van der Waals surface area contributed by atoms with E-state index in [1.165, 1.54) is 6.92 Å². The number of hydrogen-bond acceptors (Lipinski definition) is 2. The van der Waals surface area contributed by atoms with Crippen LogP contribution in [0.5, 0.6) is 0 Å². The summed E-state index contributed by atoms with van der Waals surface area (Å²) >= 11 is 0. The summed E-state index contributed by atoms with van der Waals surface area (Å²) in [6.07, 6.45) is 0.779. The normalized spacial score (nSPS) is 18.8. The molecule has 1 N–H and O–H groups in total. The molecular formula is C12H13NO2. The van der Waals surface area contributed by atoms with Crippen molar-refractivity contribution in [3.8, 4) is 0 Å². The molecule has 78 valence electrons. The molecule has 0 radical (unpaired) electrons. The van der Waals surface area contributed by atoms with Crippen LogP contribution in [0.3, 0.4) is 0 Å². The van der Waals surface area contributed by atoms with Crippen molar-refractivity contribution in [2.45, 2.75) is 20.3 Å². The summed E-state index contributed by atoms with van der Waals surface area (Å²) in [5.41, 5.74) is 2.61. The molecule has 1 unspecified atom stereocenters. The van der Waals surface area contributed by atoms with Gasteiger partial charge >= 0.3 is 0 Å². The standard InChI is InChI=1S/C12H13NO2/c1-7-5-9-6-10(13-8(2)14)3-4-11(9)12(7)15/h3-4,6-7H,5H2,1-2H3,(H,13,14). The summed E-state index contributed by atoms with van der Waals surface area (Å²) in [7, 11) is 0. The zero-order valence-electron chi connectivity index (χ0n) is 8.83. The number of rotatable bonds is 1. The van der Waals surface area contributed by atoms with Crippen molar-refractivity contribution in [2.24, 2.45) is 5.92 Å². The molecule has 1 atom stereocenters. The molecule has 0 bridgehead atoms. The van der Waals surface area contributed by atoms with Gasteiger partial charge in [-0.2, -0.15) is 0 Å². The summed E-state index contributed by atoms with van der Waals surface area (Å²) in [5, 5.41) is 2.71. The van der Waals surface area contributed by atoms with Crippen LogP contribution < -0.4 is 5.32 Å². The van der Waals surface area contributed by atoms with Gasteiger partial charge in [0.15, 0.2) is 5.78 Å². The minimum Gasteiger partial charge on any atom is -0.326 e. The third kappa shape index (κ3) is 1.77. The Hall–Kier alpha value is -1.64. The highest BCUT2D eigenvalue weighted by molar-refractivity contribution is 6.02. The van der Waals surface area contributed by atoms with Gasteiger partial charge in [-0.25, -0.2) is 0 Å². The topological polar surface area (TPSA) is 46.2 Å². The van der Waals surface area contributed by atoms with Crippen molar-refractivity contribution in [1.82, 2.24) is 0 Å².